The largest absolute Gasteiger partial charge is 0.388 e. The minimum Gasteiger partial charge on any atom is -0.388 e. The summed E-state index contributed by atoms with van der Waals surface area (Å²) in [5.41, 5.74) is 3.47. The van der Waals surface area contributed by atoms with Crippen molar-refractivity contribution in [2.24, 2.45) is 0 Å². The number of aliphatic hydroxyl groups is 1. The molecule has 1 saturated heterocycles. The Morgan fingerprint density at radius 1 is 1.22 bits per heavy atom. The van der Waals surface area contributed by atoms with E-state index in [0.717, 1.165) is 24.3 Å². The SMILES string of the molecule is Cc1c(C=C2C(=O)Nc3ccc(F)cc32)[nH]c2c1C(=O)N(CC1(O)CCN(C)CC1)CC2. The predicted octanol–water partition coefficient (Wildman–Crippen LogP) is 2.41. The summed E-state index contributed by atoms with van der Waals surface area (Å²) in [7, 11) is 2.04. The molecule has 3 aliphatic rings. The van der Waals surface area contributed by atoms with Crippen molar-refractivity contribution in [1.82, 2.24) is 14.8 Å². The van der Waals surface area contributed by atoms with Crippen LogP contribution < -0.4 is 5.32 Å². The third kappa shape index (κ3) is 3.53. The van der Waals surface area contributed by atoms with Gasteiger partial charge in [-0.1, -0.05) is 0 Å². The van der Waals surface area contributed by atoms with E-state index in [4.69, 9.17) is 0 Å². The number of carbonyl (C=O) groups is 2. The second-order valence-corrected chi connectivity index (χ2v) is 9.22. The number of H-pyrrole nitrogens is 1. The lowest BCUT2D eigenvalue weighted by molar-refractivity contribution is -0.110. The molecule has 2 amide bonds. The van der Waals surface area contributed by atoms with Gasteiger partial charge in [-0.05, 0) is 56.7 Å². The highest BCUT2D eigenvalue weighted by Crippen LogP contribution is 2.35. The Labute approximate surface area is 185 Å². The number of piperidine rings is 1. The van der Waals surface area contributed by atoms with E-state index in [1.807, 2.05) is 14.0 Å². The fraction of sp³-hybridized carbons (Fsp3) is 0.417. The number of aromatic nitrogens is 1. The van der Waals surface area contributed by atoms with Gasteiger partial charge < -0.3 is 25.2 Å². The maximum absolute atomic E-state index is 13.8. The number of hydrogen-bond donors (Lipinski definition) is 3. The summed E-state index contributed by atoms with van der Waals surface area (Å²) >= 11 is 0. The van der Waals surface area contributed by atoms with E-state index in [-0.39, 0.29) is 11.8 Å². The summed E-state index contributed by atoms with van der Waals surface area (Å²) in [5, 5.41) is 13.8. The number of benzene rings is 1. The maximum Gasteiger partial charge on any atom is 0.256 e. The van der Waals surface area contributed by atoms with Gasteiger partial charge in [0, 0.05) is 55.2 Å². The molecule has 8 heteroatoms. The molecule has 1 aromatic carbocycles. The van der Waals surface area contributed by atoms with Gasteiger partial charge in [-0.15, -0.1) is 0 Å². The van der Waals surface area contributed by atoms with Crippen molar-refractivity contribution < 1.29 is 19.1 Å². The van der Waals surface area contributed by atoms with Gasteiger partial charge >= 0.3 is 0 Å². The number of halogens is 1. The molecule has 4 heterocycles. The summed E-state index contributed by atoms with van der Waals surface area (Å²) in [6, 6.07) is 4.20. The number of nitrogens with one attached hydrogen (secondary N) is 2. The molecule has 5 rings (SSSR count). The van der Waals surface area contributed by atoms with Crippen LogP contribution in [0, 0.1) is 12.7 Å². The van der Waals surface area contributed by atoms with E-state index in [2.05, 4.69) is 15.2 Å². The van der Waals surface area contributed by atoms with Crippen LogP contribution in [0.5, 0.6) is 0 Å². The molecule has 0 atom stereocenters. The third-order valence-electron chi connectivity index (χ3n) is 6.96. The number of amides is 2. The lowest BCUT2D eigenvalue weighted by Gasteiger charge is -2.40. The molecule has 0 bridgehead atoms. The van der Waals surface area contributed by atoms with Crippen LogP contribution in [-0.4, -0.2) is 70.5 Å². The zero-order chi connectivity index (χ0) is 22.6. The van der Waals surface area contributed by atoms with E-state index in [1.165, 1.54) is 12.1 Å². The van der Waals surface area contributed by atoms with Crippen molar-refractivity contribution in [2.45, 2.75) is 31.8 Å². The van der Waals surface area contributed by atoms with Gasteiger partial charge in [0.25, 0.3) is 11.8 Å². The van der Waals surface area contributed by atoms with Crippen LogP contribution in [0.25, 0.3) is 11.6 Å². The number of rotatable bonds is 3. The Kier molecular flexibility index (Phi) is 4.94. The van der Waals surface area contributed by atoms with Crippen LogP contribution >= 0.6 is 0 Å². The highest BCUT2D eigenvalue weighted by Gasteiger charge is 2.37. The van der Waals surface area contributed by atoms with Crippen LogP contribution in [0.2, 0.25) is 0 Å². The smallest absolute Gasteiger partial charge is 0.256 e. The van der Waals surface area contributed by atoms with Crippen molar-refractivity contribution in [1.29, 1.82) is 0 Å². The molecule has 32 heavy (non-hydrogen) atoms. The van der Waals surface area contributed by atoms with Gasteiger partial charge in [0.05, 0.1) is 16.7 Å². The first-order chi connectivity index (χ1) is 15.2. The van der Waals surface area contributed by atoms with Crippen LogP contribution in [0.4, 0.5) is 10.1 Å². The number of anilines is 1. The quantitative estimate of drug-likeness (QED) is 0.642. The summed E-state index contributed by atoms with van der Waals surface area (Å²) in [6.07, 6.45) is 3.64. The molecule has 3 aliphatic heterocycles. The average Bonchev–Trinajstić information content (AvgIpc) is 3.24. The van der Waals surface area contributed by atoms with Crippen LogP contribution in [-0.2, 0) is 11.2 Å². The van der Waals surface area contributed by atoms with Gasteiger partial charge in [-0.3, -0.25) is 9.59 Å². The van der Waals surface area contributed by atoms with E-state index in [0.29, 0.717) is 60.4 Å². The van der Waals surface area contributed by atoms with Crippen LogP contribution in [0.15, 0.2) is 18.2 Å². The summed E-state index contributed by atoms with van der Waals surface area (Å²) in [4.78, 5) is 33.0. The van der Waals surface area contributed by atoms with Crippen molar-refractivity contribution in [3.63, 3.8) is 0 Å². The average molecular weight is 439 g/mol. The van der Waals surface area contributed by atoms with Crippen LogP contribution in [0.1, 0.15) is 45.7 Å². The molecule has 1 fully saturated rings. The number of fused-ring (bicyclic) bond motifs is 2. The molecule has 0 unspecified atom stereocenters. The zero-order valence-corrected chi connectivity index (χ0v) is 18.3. The standard InChI is InChI=1S/C24H27FN4O3/c1-14-20(12-17-16-11-15(25)3-4-18(16)27-22(17)30)26-19-5-8-29(23(31)21(14)19)13-24(32)6-9-28(2)10-7-24/h3-4,11-12,26,32H,5-10,13H2,1-2H3,(H,27,30). The topological polar surface area (TPSA) is 88.7 Å². The lowest BCUT2D eigenvalue weighted by Crippen LogP contribution is -2.52. The normalized spacial score (nSPS) is 21.6. The number of β-amino-alcohol motifs (C(OH)–C–C–N with tert-alkyl or cyclic N) is 1. The molecule has 0 saturated carbocycles. The number of carbonyl (C=O) groups excluding carboxylic acids is 2. The van der Waals surface area contributed by atoms with Gasteiger partial charge in [-0.2, -0.15) is 0 Å². The van der Waals surface area contributed by atoms with Crippen molar-refractivity contribution in [3.05, 3.63) is 52.1 Å². The Hall–Kier alpha value is -2.97. The molecule has 1 aromatic heterocycles. The van der Waals surface area contributed by atoms with Gasteiger partial charge in [-0.25, -0.2) is 4.39 Å². The number of nitrogens with zero attached hydrogens (tertiary/aromatic N) is 2. The zero-order valence-electron chi connectivity index (χ0n) is 18.3. The summed E-state index contributed by atoms with van der Waals surface area (Å²) < 4.78 is 13.8. The fourth-order valence-electron chi connectivity index (χ4n) is 4.95. The molecule has 0 radical (unpaired) electrons. The van der Waals surface area contributed by atoms with Gasteiger partial charge in [0.1, 0.15) is 5.82 Å². The number of aromatic amines is 1. The fourth-order valence-corrected chi connectivity index (χ4v) is 4.95. The maximum atomic E-state index is 13.8. The predicted molar refractivity (Wildman–Crippen MR) is 120 cm³/mol. The van der Waals surface area contributed by atoms with E-state index in [1.54, 1.807) is 17.0 Å². The van der Waals surface area contributed by atoms with Gasteiger partial charge in [0.15, 0.2) is 0 Å². The Morgan fingerprint density at radius 3 is 2.72 bits per heavy atom. The Bertz CT molecular complexity index is 1140. The second-order valence-electron chi connectivity index (χ2n) is 9.22. The monoisotopic (exact) mass is 438 g/mol. The Morgan fingerprint density at radius 2 is 1.97 bits per heavy atom. The molecule has 0 spiro atoms. The third-order valence-corrected chi connectivity index (χ3v) is 6.96. The molecule has 2 aromatic rings. The first-order valence-electron chi connectivity index (χ1n) is 11.0. The molecule has 168 valence electrons. The van der Waals surface area contributed by atoms with Crippen LogP contribution in [0.3, 0.4) is 0 Å². The molecule has 7 nitrogen and oxygen atoms in total. The second kappa shape index (κ2) is 7.56. The highest BCUT2D eigenvalue weighted by molar-refractivity contribution is 6.34. The van der Waals surface area contributed by atoms with E-state index in [9.17, 15) is 19.1 Å². The first kappa shape index (κ1) is 20.9. The molecular weight excluding hydrogens is 411 g/mol. The number of hydrogen-bond acceptors (Lipinski definition) is 4. The number of likely N-dealkylation sites (tertiary alicyclic amines) is 1. The molecule has 3 N–H and O–H groups in total. The molecular formula is C24H27FN4O3. The summed E-state index contributed by atoms with van der Waals surface area (Å²) in [5.74, 6) is -0.805. The summed E-state index contributed by atoms with van der Waals surface area (Å²) in [6.45, 7) is 4.35. The highest BCUT2D eigenvalue weighted by atomic mass is 19.1. The Balaban J connectivity index is 1.43. The molecule has 0 aliphatic carbocycles. The first-order valence-corrected chi connectivity index (χ1v) is 11.0. The van der Waals surface area contributed by atoms with E-state index >= 15 is 0 Å². The lowest BCUT2D eigenvalue weighted by atomic mass is 9.90. The van der Waals surface area contributed by atoms with Crippen molar-refractivity contribution in [3.8, 4) is 0 Å². The van der Waals surface area contributed by atoms with E-state index < -0.39 is 11.4 Å². The van der Waals surface area contributed by atoms with Crippen molar-refractivity contribution in [2.75, 3.05) is 38.5 Å². The van der Waals surface area contributed by atoms with Gasteiger partial charge in [0.2, 0.25) is 0 Å². The minimum atomic E-state index is -0.857. The van der Waals surface area contributed by atoms with Crippen molar-refractivity contribution >= 4 is 29.2 Å². The minimum absolute atomic E-state index is 0.0979.